The lowest BCUT2D eigenvalue weighted by Crippen LogP contribution is -2.47. The molecule has 110 valence electrons. The first-order chi connectivity index (χ1) is 9.41. The molecule has 1 aromatic heterocycles. The summed E-state index contributed by atoms with van der Waals surface area (Å²) in [4.78, 5) is 26.6. The van der Waals surface area contributed by atoms with Crippen molar-refractivity contribution in [1.82, 2.24) is 10.3 Å². The summed E-state index contributed by atoms with van der Waals surface area (Å²) in [6.45, 7) is 4.58. The van der Waals surface area contributed by atoms with Gasteiger partial charge in [0, 0.05) is 38.3 Å². The van der Waals surface area contributed by atoms with Crippen LogP contribution in [-0.4, -0.2) is 41.4 Å². The van der Waals surface area contributed by atoms with Crippen molar-refractivity contribution in [3.05, 3.63) is 33.2 Å². The minimum atomic E-state index is -0.945. The predicted molar refractivity (Wildman–Crippen MR) is 73.9 cm³/mol. The SMILES string of the molecule is Cc1cc(C)c(C(=O)NCC2(O)CCOCC2)c(=O)[nH]1. The topological polar surface area (TPSA) is 91.4 Å². The van der Waals surface area contributed by atoms with E-state index in [1.807, 2.05) is 0 Å². The third-order valence-electron chi connectivity index (χ3n) is 3.59. The number of nitrogens with one attached hydrogen (secondary N) is 2. The van der Waals surface area contributed by atoms with Gasteiger partial charge in [0.05, 0.1) is 5.60 Å². The molecule has 0 bridgehead atoms. The van der Waals surface area contributed by atoms with Crippen molar-refractivity contribution in [2.24, 2.45) is 0 Å². The molecule has 0 aromatic carbocycles. The number of rotatable bonds is 3. The zero-order chi connectivity index (χ0) is 14.8. The van der Waals surface area contributed by atoms with Crippen molar-refractivity contribution in [3.8, 4) is 0 Å². The molecule has 2 heterocycles. The van der Waals surface area contributed by atoms with Gasteiger partial charge in [0.2, 0.25) is 0 Å². The Morgan fingerprint density at radius 1 is 1.45 bits per heavy atom. The van der Waals surface area contributed by atoms with Gasteiger partial charge in [0.25, 0.3) is 11.5 Å². The highest BCUT2D eigenvalue weighted by molar-refractivity contribution is 5.95. The first-order valence-electron chi connectivity index (χ1n) is 6.70. The molecule has 6 heteroatoms. The van der Waals surface area contributed by atoms with Crippen LogP contribution in [0.2, 0.25) is 0 Å². The molecule has 1 aromatic rings. The smallest absolute Gasteiger partial charge is 0.261 e. The van der Waals surface area contributed by atoms with Crippen LogP contribution in [0.25, 0.3) is 0 Å². The van der Waals surface area contributed by atoms with Crippen molar-refractivity contribution in [3.63, 3.8) is 0 Å². The van der Waals surface area contributed by atoms with E-state index >= 15 is 0 Å². The predicted octanol–water partition coefficient (Wildman–Crippen LogP) is 0.263. The van der Waals surface area contributed by atoms with E-state index in [9.17, 15) is 14.7 Å². The van der Waals surface area contributed by atoms with Crippen LogP contribution in [0.3, 0.4) is 0 Å². The van der Waals surface area contributed by atoms with Gasteiger partial charge in [-0.25, -0.2) is 0 Å². The van der Waals surface area contributed by atoms with Crippen molar-refractivity contribution < 1.29 is 14.6 Å². The number of aliphatic hydroxyl groups is 1. The lowest BCUT2D eigenvalue weighted by atomic mass is 9.94. The summed E-state index contributed by atoms with van der Waals surface area (Å²) in [6.07, 6.45) is 0.965. The second-order valence-electron chi connectivity index (χ2n) is 5.36. The Hall–Kier alpha value is -1.66. The minimum Gasteiger partial charge on any atom is -0.388 e. The molecule has 1 fully saturated rings. The zero-order valence-electron chi connectivity index (χ0n) is 11.8. The van der Waals surface area contributed by atoms with Crippen LogP contribution in [0, 0.1) is 13.8 Å². The molecule has 1 aliphatic rings. The van der Waals surface area contributed by atoms with Crippen molar-refractivity contribution in [2.75, 3.05) is 19.8 Å². The minimum absolute atomic E-state index is 0.103. The van der Waals surface area contributed by atoms with Crippen molar-refractivity contribution in [1.29, 1.82) is 0 Å². The van der Waals surface area contributed by atoms with Gasteiger partial charge in [-0.05, 0) is 25.5 Å². The van der Waals surface area contributed by atoms with E-state index in [0.29, 0.717) is 37.3 Å². The standard InChI is InChI=1S/C14H20N2O4/c1-9-7-10(2)16-13(18)11(9)12(17)15-8-14(19)3-5-20-6-4-14/h7,19H,3-6,8H2,1-2H3,(H,15,17)(H,16,18). The normalized spacial score (nSPS) is 17.8. The lowest BCUT2D eigenvalue weighted by molar-refractivity contribution is -0.0605. The number of hydrogen-bond donors (Lipinski definition) is 3. The van der Waals surface area contributed by atoms with Gasteiger partial charge in [-0.15, -0.1) is 0 Å². The van der Waals surface area contributed by atoms with E-state index in [1.54, 1.807) is 19.9 Å². The van der Waals surface area contributed by atoms with Crippen LogP contribution in [0.15, 0.2) is 10.9 Å². The Kier molecular flexibility index (Phi) is 4.25. The molecule has 20 heavy (non-hydrogen) atoms. The highest BCUT2D eigenvalue weighted by Crippen LogP contribution is 2.19. The van der Waals surface area contributed by atoms with E-state index in [1.165, 1.54) is 0 Å². The zero-order valence-corrected chi connectivity index (χ0v) is 11.8. The maximum Gasteiger partial charge on any atom is 0.261 e. The van der Waals surface area contributed by atoms with Crippen LogP contribution in [0.5, 0.6) is 0 Å². The Bertz CT molecular complexity index is 559. The molecule has 6 nitrogen and oxygen atoms in total. The van der Waals surface area contributed by atoms with Gasteiger partial charge < -0.3 is 20.1 Å². The van der Waals surface area contributed by atoms with Gasteiger partial charge in [-0.3, -0.25) is 9.59 Å². The molecular formula is C14H20N2O4. The molecule has 0 saturated carbocycles. The molecule has 1 amide bonds. The second kappa shape index (κ2) is 5.76. The summed E-state index contributed by atoms with van der Waals surface area (Å²) in [5, 5.41) is 12.9. The fourth-order valence-electron chi connectivity index (χ4n) is 2.40. The summed E-state index contributed by atoms with van der Waals surface area (Å²) in [5.41, 5.74) is 0.0965. The number of hydrogen-bond acceptors (Lipinski definition) is 4. The van der Waals surface area contributed by atoms with E-state index in [2.05, 4.69) is 10.3 Å². The van der Waals surface area contributed by atoms with E-state index < -0.39 is 17.1 Å². The molecule has 1 saturated heterocycles. The van der Waals surface area contributed by atoms with Crippen molar-refractivity contribution >= 4 is 5.91 Å². The van der Waals surface area contributed by atoms with Crippen LogP contribution >= 0.6 is 0 Å². The maximum absolute atomic E-state index is 12.1. The highest BCUT2D eigenvalue weighted by atomic mass is 16.5. The first kappa shape index (κ1) is 14.7. The number of carbonyl (C=O) groups excluding carboxylic acids is 1. The molecule has 3 N–H and O–H groups in total. The molecule has 0 radical (unpaired) electrons. The number of pyridine rings is 1. The number of aryl methyl sites for hydroxylation is 2. The summed E-state index contributed by atoms with van der Waals surface area (Å²) in [6, 6.07) is 1.75. The molecule has 1 aliphatic heterocycles. The third kappa shape index (κ3) is 3.26. The second-order valence-corrected chi connectivity index (χ2v) is 5.36. The van der Waals surface area contributed by atoms with E-state index in [0.717, 1.165) is 0 Å². The monoisotopic (exact) mass is 280 g/mol. The van der Waals surface area contributed by atoms with Crippen LogP contribution in [-0.2, 0) is 4.74 Å². The Balaban J connectivity index is 2.07. The number of amides is 1. The molecular weight excluding hydrogens is 260 g/mol. The van der Waals surface area contributed by atoms with E-state index in [4.69, 9.17) is 4.74 Å². The van der Waals surface area contributed by atoms with Gasteiger partial charge >= 0.3 is 0 Å². The number of carbonyl (C=O) groups is 1. The number of aromatic nitrogens is 1. The Morgan fingerprint density at radius 3 is 2.70 bits per heavy atom. The van der Waals surface area contributed by atoms with Gasteiger partial charge in [0.15, 0.2) is 0 Å². The van der Waals surface area contributed by atoms with E-state index in [-0.39, 0.29) is 12.1 Å². The molecule has 0 unspecified atom stereocenters. The fraction of sp³-hybridized carbons (Fsp3) is 0.571. The van der Waals surface area contributed by atoms with Gasteiger partial charge in [-0.1, -0.05) is 0 Å². The maximum atomic E-state index is 12.1. The van der Waals surface area contributed by atoms with Crippen LogP contribution in [0.1, 0.15) is 34.5 Å². The number of aromatic amines is 1. The summed E-state index contributed by atoms with van der Waals surface area (Å²) >= 11 is 0. The Morgan fingerprint density at radius 2 is 2.10 bits per heavy atom. The quantitative estimate of drug-likeness (QED) is 0.741. The molecule has 0 atom stereocenters. The summed E-state index contributed by atoms with van der Waals surface area (Å²) < 4.78 is 5.18. The number of ether oxygens (including phenoxy) is 1. The fourth-order valence-corrected chi connectivity index (χ4v) is 2.40. The molecule has 0 spiro atoms. The highest BCUT2D eigenvalue weighted by Gasteiger charge is 2.30. The lowest BCUT2D eigenvalue weighted by Gasteiger charge is -2.32. The summed E-state index contributed by atoms with van der Waals surface area (Å²) in [7, 11) is 0. The average Bonchev–Trinajstić information content (AvgIpc) is 2.36. The number of H-pyrrole nitrogens is 1. The Labute approximate surface area is 117 Å². The average molecular weight is 280 g/mol. The van der Waals surface area contributed by atoms with Crippen LogP contribution < -0.4 is 10.9 Å². The van der Waals surface area contributed by atoms with Crippen molar-refractivity contribution in [2.45, 2.75) is 32.3 Å². The molecule has 0 aliphatic carbocycles. The first-order valence-corrected chi connectivity index (χ1v) is 6.70. The van der Waals surface area contributed by atoms with Crippen LogP contribution in [0.4, 0.5) is 0 Å². The van der Waals surface area contributed by atoms with Gasteiger partial charge in [-0.2, -0.15) is 0 Å². The summed E-state index contributed by atoms with van der Waals surface area (Å²) in [5.74, 6) is -0.455. The van der Waals surface area contributed by atoms with Gasteiger partial charge in [0.1, 0.15) is 5.56 Å². The molecule has 2 rings (SSSR count). The third-order valence-corrected chi connectivity index (χ3v) is 3.59. The largest absolute Gasteiger partial charge is 0.388 e.